The molecule has 7 nitrogen and oxygen atoms in total. The average molecular weight is 446 g/mol. The summed E-state index contributed by atoms with van der Waals surface area (Å²) in [6.45, 7) is 8.15. The van der Waals surface area contributed by atoms with Crippen LogP contribution in [0.15, 0.2) is 60.1 Å². The van der Waals surface area contributed by atoms with E-state index in [0.717, 1.165) is 23.6 Å². The molecule has 33 heavy (non-hydrogen) atoms. The minimum atomic E-state index is -0.258. The van der Waals surface area contributed by atoms with Gasteiger partial charge in [0.25, 0.3) is 5.91 Å². The standard InChI is InChI=1S/C26H27N3O4/c1-16(33-18-8-9-19-17(12-18)6-5-7-20(19)25(30)29-3)21-13-23(31-4)24(14-22(21)28-2)32-15-26(27)10-11-26/h5-9,12-14H,1-2,10-11,15,27H2,3-4H3,(H,29,30). The lowest BCUT2D eigenvalue weighted by Crippen LogP contribution is -2.29. The summed E-state index contributed by atoms with van der Waals surface area (Å²) < 4.78 is 17.5. The summed E-state index contributed by atoms with van der Waals surface area (Å²) in [5.41, 5.74) is 7.66. The summed E-state index contributed by atoms with van der Waals surface area (Å²) in [5.74, 6) is 1.88. The van der Waals surface area contributed by atoms with Crippen molar-refractivity contribution in [3.63, 3.8) is 0 Å². The van der Waals surface area contributed by atoms with Crippen molar-refractivity contribution in [2.45, 2.75) is 18.4 Å². The fourth-order valence-electron chi connectivity index (χ4n) is 3.56. The third-order valence-electron chi connectivity index (χ3n) is 5.72. The molecule has 170 valence electrons. The third kappa shape index (κ3) is 4.68. The summed E-state index contributed by atoms with van der Waals surface area (Å²) in [4.78, 5) is 16.3. The molecule has 3 aromatic rings. The molecule has 1 aliphatic carbocycles. The highest BCUT2D eigenvalue weighted by Crippen LogP contribution is 2.40. The van der Waals surface area contributed by atoms with Crippen LogP contribution in [0.4, 0.5) is 5.69 Å². The lowest BCUT2D eigenvalue weighted by atomic mass is 10.0. The van der Waals surface area contributed by atoms with Gasteiger partial charge in [0.15, 0.2) is 11.5 Å². The van der Waals surface area contributed by atoms with Gasteiger partial charge in [-0.25, -0.2) is 0 Å². The van der Waals surface area contributed by atoms with Gasteiger partial charge in [-0.05, 0) is 60.7 Å². The van der Waals surface area contributed by atoms with Gasteiger partial charge in [0.1, 0.15) is 18.1 Å². The van der Waals surface area contributed by atoms with Gasteiger partial charge in [0, 0.05) is 24.2 Å². The van der Waals surface area contributed by atoms with E-state index in [-0.39, 0.29) is 11.4 Å². The molecule has 1 saturated carbocycles. The minimum absolute atomic E-state index is 0.142. The first-order valence-electron chi connectivity index (χ1n) is 10.6. The van der Waals surface area contributed by atoms with E-state index in [4.69, 9.17) is 19.9 Å². The Morgan fingerprint density at radius 3 is 2.61 bits per heavy atom. The number of hydrogen-bond donors (Lipinski definition) is 2. The molecule has 0 heterocycles. The van der Waals surface area contributed by atoms with Crippen molar-refractivity contribution >= 4 is 34.8 Å². The number of nitrogens with one attached hydrogen (secondary N) is 1. The van der Waals surface area contributed by atoms with Gasteiger partial charge in [-0.2, -0.15) is 0 Å². The Morgan fingerprint density at radius 1 is 1.15 bits per heavy atom. The lowest BCUT2D eigenvalue weighted by molar-refractivity contribution is 0.0964. The molecule has 0 atom stereocenters. The topological polar surface area (TPSA) is 95.2 Å². The molecule has 1 amide bonds. The van der Waals surface area contributed by atoms with Gasteiger partial charge >= 0.3 is 0 Å². The summed E-state index contributed by atoms with van der Waals surface area (Å²) in [6.07, 6.45) is 1.89. The first kappa shape index (κ1) is 22.4. The zero-order valence-electron chi connectivity index (χ0n) is 18.8. The van der Waals surface area contributed by atoms with Crippen LogP contribution in [0.2, 0.25) is 0 Å². The second kappa shape index (κ2) is 8.96. The van der Waals surface area contributed by atoms with Gasteiger partial charge in [0.05, 0.1) is 18.3 Å². The number of ether oxygens (including phenoxy) is 3. The van der Waals surface area contributed by atoms with E-state index in [1.54, 1.807) is 38.4 Å². The maximum atomic E-state index is 12.1. The van der Waals surface area contributed by atoms with E-state index in [2.05, 4.69) is 23.6 Å². The van der Waals surface area contributed by atoms with E-state index >= 15 is 0 Å². The van der Waals surface area contributed by atoms with Crippen molar-refractivity contribution in [3.05, 3.63) is 66.2 Å². The van der Waals surface area contributed by atoms with Gasteiger partial charge < -0.3 is 25.3 Å². The summed E-state index contributed by atoms with van der Waals surface area (Å²) in [7, 11) is 3.18. The number of carbonyl (C=O) groups is 1. The predicted octanol–water partition coefficient (Wildman–Crippen LogP) is 4.46. The molecule has 3 N–H and O–H groups in total. The average Bonchev–Trinajstić information content (AvgIpc) is 3.58. The molecule has 7 heteroatoms. The highest BCUT2D eigenvalue weighted by atomic mass is 16.5. The smallest absolute Gasteiger partial charge is 0.251 e. The molecular formula is C26H27N3O4. The predicted molar refractivity (Wildman–Crippen MR) is 131 cm³/mol. The monoisotopic (exact) mass is 445 g/mol. The number of carbonyl (C=O) groups excluding carboxylic acids is 1. The molecular weight excluding hydrogens is 418 g/mol. The Kier molecular flexibility index (Phi) is 6.07. The van der Waals surface area contributed by atoms with E-state index in [0.29, 0.717) is 46.4 Å². The SMILES string of the molecule is C=Nc1cc(OCC2(N)CC2)c(OC)cc1C(=C)Oc1ccc2c(C(=O)NC)cccc2c1. The van der Waals surface area contributed by atoms with Gasteiger partial charge in [-0.3, -0.25) is 9.79 Å². The second-order valence-corrected chi connectivity index (χ2v) is 8.12. The van der Waals surface area contributed by atoms with Crippen LogP contribution in [0.1, 0.15) is 28.8 Å². The van der Waals surface area contributed by atoms with Crippen molar-refractivity contribution in [3.8, 4) is 17.2 Å². The van der Waals surface area contributed by atoms with Crippen molar-refractivity contribution in [2.75, 3.05) is 20.8 Å². The van der Waals surface area contributed by atoms with Crippen LogP contribution in [-0.4, -0.2) is 38.9 Å². The zero-order valence-corrected chi connectivity index (χ0v) is 18.8. The molecule has 3 aromatic carbocycles. The molecule has 1 aliphatic rings. The Morgan fingerprint density at radius 2 is 1.94 bits per heavy atom. The minimum Gasteiger partial charge on any atom is -0.493 e. The highest BCUT2D eigenvalue weighted by Gasteiger charge is 2.39. The van der Waals surface area contributed by atoms with Crippen LogP contribution in [0, 0.1) is 0 Å². The van der Waals surface area contributed by atoms with E-state index in [1.165, 1.54) is 0 Å². The molecule has 0 unspecified atom stereocenters. The number of benzene rings is 3. The second-order valence-electron chi connectivity index (χ2n) is 8.12. The molecule has 0 aliphatic heterocycles. The summed E-state index contributed by atoms with van der Waals surface area (Å²) in [6, 6.07) is 14.6. The molecule has 0 aromatic heterocycles. The Balaban J connectivity index is 1.60. The number of hydrogen-bond acceptors (Lipinski definition) is 6. The first-order chi connectivity index (χ1) is 15.9. The number of amides is 1. The fourth-order valence-corrected chi connectivity index (χ4v) is 3.56. The van der Waals surface area contributed by atoms with Gasteiger partial charge in [-0.15, -0.1) is 0 Å². The van der Waals surface area contributed by atoms with Crippen molar-refractivity contribution in [2.24, 2.45) is 10.7 Å². The zero-order chi connectivity index (χ0) is 23.6. The molecule has 4 rings (SSSR count). The van der Waals surface area contributed by atoms with Crippen LogP contribution in [0.5, 0.6) is 17.2 Å². The fraction of sp³-hybridized carbons (Fsp3) is 0.231. The lowest BCUT2D eigenvalue weighted by Gasteiger charge is -2.17. The number of rotatable bonds is 9. The summed E-state index contributed by atoms with van der Waals surface area (Å²) in [5, 5.41) is 4.37. The summed E-state index contributed by atoms with van der Waals surface area (Å²) >= 11 is 0. The molecule has 0 bridgehead atoms. The molecule has 0 spiro atoms. The number of nitrogens with two attached hydrogens (primary N) is 1. The number of aliphatic imine (C=N–C) groups is 1. The van der Waals surface area contributed by atoms with Crippen LogP contribution in [-0.2, 0) is 0 Å². The number of methoxy groups -OCH3 is 1. The first-order valence-corrected chi connectivity index (χ1v) is 10.6. The maximum Gasteiger partial charge on any atom is 0.251 e. The maximum absolute atomic E-state index is 12.1. The van der Waals surface area contributed by atoms with Crippen LogP contribution in [0.25, 0.3) is 16.5 Å². The van der Waals surface area contributed by atoms with Gasteiger partial charge in [-0.1, -0.05) is 18.7 Å². The highest BCUT2D eigenvalue weighted by molar-refractivity contribution is 6.07. The molecule has 1 fully saturated rings. The van der Waals surface area contributed by atoms with Crippen LogP contribution >= 0.6 is 0 Å². The molecule has 0 radical (unpaired) electrons. The van der Waals surface area contributed by atoms with Crippen molar-refractivity contribution in [1.82, 2.24) is 5.32 Å². The van der Waals surface area contributed by atoms with Crippen LogP contribution < -0.4 is 25.3 Å². The van der Waals surface area contributed by atoms with Crippen LogP contribution in [0.3, 0.4) is 0 Å². The number of fused-ring (bicyclic) bond motifs is 1. The molecule has 0 saturated heterocycles. The van der Waals surface area contributed by atoms with Crippen molar-refractivity contribution < 1.29 is 19.0 Å². The Hall–Kier alpha value is -3.84. The third-order valence-corrected chi connectivity index (χ3v) is 5.72. The normalized spacial score (nSPS) is 13.8. The quantitative estimate of drug-likeness (QED) is 0.375. The Labute approximate surface area is 192 Å². The van der Waals surface area contributed by atoms with E-state index < -0.39 is 0 Å². The van der Waals surface area contributed by atoms with E-state index in [9.17, 15) is 4.79 Å². The van der Waals surface area contributed by atoms with Gasteiger partial charge in [0.2, 0.25) is 0 Å². The Bertz CT molecular complexity index is 1250. The largest absolute Gasteiger partial charge is 0.493 e. The van der Waals surface area contributed by atoms with E-state index in [1.807, 2.05) is 24.3 Å². The number of nitrogens with zero attached hydrogens (tertiary/aromatic N) is 1. The van der Waals surface area contributed by atoms with Crippen molar-refractivity contribution in [1.29, 1.82) is 0 Å².